The fourth-order valence-corrected chi connectivity index (χ4v) is 4.31. The van der Waals surface area contributed by atoms with Crippen LogP contribution in [0.2, 0.25) is 0 Å². The standard InChI is InChI=1S/C25H23FN2O4/c1-29-22-12-16(13-23(30-2)24(22)31-3)25-28-20(18-6-4-5-7-21(18)32-25)14-19(27-28)15-8-10-17(26)11-9-15/h4-13,20,25H,14H2,1-3H3. The molecule has 0 spiro atoms. The summed E-state index contributed by atoms with van der Waals surface area (Å²) in [7, 11) is 4.74. The van der Waals surface area contributed by atoms with Crippen LogP contribution >= 0.6 is 0 Å². The maximum absolute atomic E-state index is 13.5. The summed E-state index contributed by atoms with van der Waals surface area (Å²) in [5.41, 5.74) is 3.66. The largest absolute Gasteiger partial charge is 0.493 e. The molecule has 0 fully saturated rings. The molecule has 0 N–H and O–H groups in total. The van der Waals surface area contributed by atoms with Gasteiger partial charge in [0.05, 0.1) is 33.1 Å². The van der Waals surface area contributed by atoms with E-state index < -0.39 is 6.23 Å². The number of halogens is 1. The van der Waals surface area contributed by atoms with Crippen LogP contribution in [-0.4, -0.2) is 32.0 Å². The Bertz CT molecular complexity index is 1150. The van der Waals surface area contributed by atoms with Crippen LogP contribution in [0.25, 0.3) is 0 Å². The Morgan fingerprint density at radius 1 is 0.938 bits per heavy atom. The maximum Gasteiger partial charge on any atom is 0.214 e. The number of ether oxygens (including phenoxy) is 4. The second kappa shape index (κ2) is 8.07. The molecule has 2 aliphatic rings. The minimum absolute atomic E-state index is 0.0101. The van der Waals surface area contributed by atoms with E-state index in [1.54, 1.807) is 33.5 Å². The van der Waals surface area contributed by atoms with Crippen LogP contribution in [-0.2, 0) is 0 Å². The Kier molecular flexibility index (Phi) is 5.09. The van der Waals surface area contributed by atoms with Crippen molar-refractivity contribution in [3.63, 3.8) is 0 Å². The Hall–Kier alpha value is -3.74. The predicted molar refractivity (Wildman–Crippen MR) is 118 cm³/mol. The molecule has 164 valence electrons. The molecule has 6 nitrogen and oxygen atoms in total. The van der Waals surface area contributed by atoms with Crippen molar-refractivity contribution in [3.05, 3.63) is 83.2 Å². The molecular formula is C25H23FN2O4. The third kappa shape index (κ3) is 3.30. The predicted octanol–water partition coefficient (Wildman–Crippen LogP) is 5.09. The van der Waals surface area contributed by atoms with Gasteiger partial charge < -0.3 is 18.9 Å². The SMILES string of the molecule is COc1cc(C2Oc3ccccc3C3CC(c4ccc(F)cc4)=NN32)cc(OC)c1OC. The second-order valence-corrected chi connectivity index (χ2v) is 7.62. The van der Waals surface area contributed by atoms with Crippen molar-refractivity contribution in [3.8, 4) is 23.0 Å². The lowest BCUT2D eigenvalue weighted by Gasteiger charge is -2.38. The van der Waals surface area contributed by atoms with Gasteiger partial charge in [-0.2, -0.15) is 5.10 Å². The second-order valence-electron chi connectivity index (χ2n) is 7.62. The topological polar surface area (TPSA) is 52.5 Å². The zero-order valence-electron chi connectivity index (χ0n) is 18.0. The van der Waals surface area contributed by atoms with Gasteiger partial charge in [0.15, 0.2) is 11.5 Å². The molecule has 0 aromatic heterocycles. The summed E-state index contributed by atoms with van der Waals surface area (Å²) in [4.78, 5) is 0. The highest BCUT2D eigenvalue weighted by Gasteiger charge is 2.41. The van der Waals surface area contributed by atoms with Crippen molar-refractivity contribution in [2.45, 2.75) is 18.7 Å². The summed E-state index contributed by atoms with van der Waals surface area (Å²) in [6.07, 6.45) is 0.189. The molecule has 0 aliphatic carbocycles. The quantitative estimate of drug-likeness (QED) is 0.560. The Morgan fingerprint density at radius 2 is 1.62 bits per heavy atom. The molecule has 3 aromatic rings. The van der Waals surface area contributed by atoms with E-state index in [1.807, 2.05) is 35.3 Å². The molecule has 0 amide bonds. The molecular weight excluding hydrogens is 411 g/mol. The Balaban J connectivity index is 1.61. The fraction of sp³-hybridized carbons (Fsp3) is 0.240. The van der Waals surface area contributed by atoms with E-state index in [0.29, 0.717) is 23.7 Å². The normalized spacial score (nSPS) is 18.9. The van der Waals surface area contributed by atoms with E-state index in [2.05, 4.69) is 6.07 Å². The van der Waals surface area contributed by atoms with Crippen LogP contribution in [0.15, 0.2) is 65.8 Å². The lowest BCUT2D eigenvalue weighted by Crippen LogP contribution is -2.33. The number of fused-ring (bicyclic) bond motifs is 3. The summed E-state index contributed by atoms with van der Waals surface area (Å²) in [6.45, 7) is 0. The average Bonchev–Trinajstić information content (AvgIpc) is 3.28. The van der Waals surface area contributed by atoms with Gasteiger partial charge in [0.25, 0.3) is 0 Å². The van der Waals surface area contributed by atoms with Crippen molar-refractivity contribution in [1.82, 2.24) is 5.01 Å². The molecule has 2 aliphatic heterocycles. The van der Waals surface area contributed by atoms with Crippen LogP contribution < -0.4 is 18.9 Å². The summed E-state index contributed by atoms with van der Waals surface area (Å²) >= 11 is 0. The highest BCUT2D eigenvalue weighted by atomic mass is 19.1. The van der Waals surface area contributed by atoms with Gasteiger partial charge in [-0.1, -0.05) is 30.3 Å². The van der Waals surface area contributed by atoms with Crippen LogP contribution in [0.1, 0.15) is 35.4 Å². The monoisotopic (exact) mass is 434 g/mol. The first-order valence-corrected chi connectivity index (χ1v) is 10.3. The molecule has 0 saturated heterocycles. The first kappa shape index (κ1) is 20.2. The zero-order valence-corrected chi connectivity index (χ0v) is 18.0. The van der Waals surface area contributed by atoms with E-state index in [9.17, 15) is 4.39 Å². The highest BCUT2D eigenvalue weighted by Crippen LogP contribution is 2.49. The minimum Gasteiger partial charge on any atom is -0.493 e. The summed E-state index contributed by atoms with van der Waals surface area (Å²) < 4.78 is 36.4. The molecule has 3 aromatic carbocycles. The number of hydrogen-bond acceptors (Lipinski definition) is 6. The Morgan fingerprint density at radius 3 is 2.28 bits per heavy atom. The maximum atomic E-state index is 13.5. The van der Waals surface area contributed by atoms with Gasteiger partial charge in [-0.15, -0.1) is 0 Å². The first-order chi connectivity index (χ1) is 15.6. The smallest absolute Gasteiger partial charge is 0.214 e. The van der Waals surface area contributed by atoms with Gasteiger partial charge in [0.1, 0.15) is 11.6 Å². The number of para-hydroxylation sites is 1. The number of hydrogen-bond donors (Lipinski definition) is 0. The van der Waals surface area contributed by atoms with Crippen molar-refractivity contribution in [2.24, 2.45) is 5.10 Å². The minimum atomic E-state index is -0.499. The fourth-order valence-electron chi connectivity index (χ4n) is 4.31. The number of hydrazone groups is 1. The molecule has 0 radical (unpaired) electrons. The zero-order chi connectivity index (χ0) is 22.2. The van der Waals surface area contributed by atoms with Gasteiger partial charge in [0, 0.05) is 17.5 Å². The highest BCUT2D eigenvalue weighted by molar-refractivity contribution is 6.01. The van der Waals surface area contributed by atoms with E-state index in [1.165, 1.54) is 12.1 Å². The lowest BCUT2D eigenvalue weighted by molar-refractivity contribution is -0.0192. The van der Waals surface area contributed by atoms with E-state index >= 15 is 0 Å². The average molecular weight is 434 g/mol. The van der Waals surface area contributed by atoms with Crippen LogP contribution in [0.4, 0.5) is 4.39 Å². The van der Waals surface area contributed by atoms with Gasteiger partial charge in [-0.3, -0.25) is 0 Å². The van der Waals surface area contributed by atoms with Gasteiger partial charge >= 0.3 is 0 Å². The third-order valence-electron chi connectivity index (χ3n) is 5.85. The number of rotatable bonds is 5. The van der Waals surface area contributed by atoms with Crippen molar-refractivity contribution < 1.29 is 23.3 Å². The van der Waals surface area contributed by atoms with Crippen LogP contribution in [0.5, 0.6) is 23.0 Å². The molecule has 0 saturated carbocycles. The van der Waals surface area contributed by atoms with Crippen molar-refractivity contribution >= 4 is 5.71 Å². The summed E-state index contributed by atoms with van der Waals surface area (Å²) in [5.74, 6) is 2.14. The van der Waals surface area contributed by atoms with Gasteiger partial charge in [0.2, 0.25) is 12.0 Å². The third-order valence-corrected chi connectivity index (χ3v) is 5.85. The van der Waals surface area contributed by atoms with E-state index in [-0.39, 0.29) is 11.9 Å². The molecule has 0 bridgehead atoms. The van der Waals surface area contributed by atoms with Gasteiger partial charge in [-0.05, 0) is 35.9 Å². The number of benzene rings is 3. The molecule has 2 unspecified atom stereocenters. The van der Waals surface area contributed by atoms with Crippen molar-refractivity contribution in [1.29, 1.82) is 0 Å². The number of nitrogens with zero attached hydrogens (tertiary/aromatic N) is 2. The van der Waals surface area contributed by atoms with E-state index in [0.717, 1.165) is 28.2 Å². The molecule has 2 heterocycles. The van der Waals surface area contributed by atoms with Crippen molar-refractivity contribution in [2.75, 3.05) is 21.3 Å². The Labute approximate surface area is 185 Å². The summed E-state index contributed by atoms with van der Waals surface area (Å²) in [6, 6.07) is 18.1. The summed E-state index contributed by atoms with van der Waals surface area (Å²) in [5, 5.41) is 6.87. The van der Waals surface area contributed by atoms with E-state index in [4.69, 9.17) is 24.0 Å². The molecule has 32 heavy (non-hydrogen) atoms. The number of methoxy groups -OCH3 is 3. The molecule has 5 rings (SSSR count). The first-order valence-electron chi connectivity index (χ1n) is 10.3. The van der Waals surface area contributed by atoms with Crippen LogP contribution in [0, 0.1) is 5.82 Å². The van der Waals surface area contributed by atoms with Gasteiger partial charge in [-0.25, -0.2) is 9.40 Å². The molecule has 7 heteroatoms. The van der Waals surface area contributed by atoms with Crippen LogP contribution in [0.3, 0.4) is 0 Å². The molecule has 2 atom stereocenters. The lowest BCUT2D eigenvalue weighted by atomic mass is 9.96.